The summed E-state index contributed by atoms with van der Waals surface area (Å²) in [6.45, 7) is 26.3. The number of nitrogens with zero attached hydrogens (tertiary/aromatic N) is 10. The molecular weight excluding hydrogens is 1790 g/mol. The molecule has 3 aliphatic rings. The molecule has 12 aromatic rings. The quantitative estimate of drug-likeness (QED) is 0.00276. The first-order valence-corrected chi connectivity index (χ1v) is 46.5. The minimum Gasteiger partial charge on any atom is -1.00 e. The number of halogens is 4. The summed E-state index contributed by atoms with van der Waals surface area (Å²) in [7, 11) is 16.8. The minimum atomic E-state index is -1.67. The van der Waals surface area contributed by atoms with Crippen LogP contribution in [0.15, 0.2) is 237 Å². The molecular formula is C94H103BCl4N18NaNiO9S. The maximum absolute atomic E-state index is 13.5. The number of carbonyl (C=O) groups is 3. The molecule has 3 unspecified atom stereocenters. The van der Waals surface area contributed by atoms with Gasteiger partial charge in [0, 0.05) is 112 Å². The van der Waals surface area contributed by atoms with E-state index in [4.69, 9.17) is 66.4 Å². The Morgan fingerprint density at radius 1 is 0.504 bits per heavy atom. The zero-order valence-corrected chi connectivity index (χ0v) is 78.7. The molecule has 3 aliphatic carbocycles. The van der Waals surface area contributed by atoms with E-state index in [0.29, 0.717) is 113 Å². The Bertz CT molecular complexity index is 5830. The number of aliphatic hydroxyl groups excluding tert-OH is 1. The van der Waals surface area contributed by atoms with Gasteiger partial charge < -0.3 is 51.2 Å². The number of Topliss-reactive ketones (excluding diaryl/α,β-unsaturated/α-hetero) is 3. The fourth-order valence-electron chi connectivity index (χ4n) is 13.7. The Morgan fingerprint density at radius 3 is 1.17 bits per heavy atom. The number of aryl methyl sites for hydroxylation is 3. The molecule has 0 aliphatic heterocycles. The number of ketones is 3. The average molecular weight is 1900 g/mol. The third-order valence-electron chi connectivity index (χ3n) is 20.4. The first kappa shape index (κ1) is 106. The van der Waals surface area contributed by atoms with Gasteiger partial charge in [0.15, 0.2) is 28.7 Å². The van der Waals surface area contributed by atoms with Crippen LogP contribution >= 0.6 is 41.8 Å². The van der Waals surface area contributed by atoms with Crippen molar-refractivity contribution < 1.29 is 77.2 Å². The van der Waals surface area contributed by atoms with E-state index in [-0.39, 0.29) is 98.0 Å². The maximum Gasteiger partial charge on any atom is 1.00 e. The number of hydrogen-bond donors (Lipinski definition) is 9. The monoisotopic (exact) mass is 1890 g/mol. The van der Waals surface area contributed by atoms with Crippen LogP contribution in [0.5, 0.6) is 0 Å². The normalized spacial score (nSPS) is 12.8. The van der Waals surface area contributed by atoms with Gasteiger partial charge >= 0.3 is 62.6 Å². The summed E-state index contributed by atoms with van der Waals surface area (Å²) in [5.74, 6) is 2.06. The molecule has 671 valence electrons. The zero-order chi connectivity index (χ0) is 91.5. The van der Waals surface area contributed by atoms with Gasteiger partial charge in [0.05, 0.1) is 69.2 Å². The molecule has 0 amide bonds. The number of hydrogen-bond acceptors (Lipinski definition) is 20. The van der Waals surface area contributed by atoms with Gasteiger partial charge in [-0.3, -0.25) is 34.6 Å². The zero-order valence-electron chi connectivity index (χ0n) is 72.9. The summed E-state index contributed by atoms with van der Waals surface area (Å²) >= 11 is 0.569. The average Bonchev–Trinajstić information content (AvgIpc) is 1.65. The fraction of sp³-hybridized carbons (Fsp3) is 0.277. The van der Waals surface area contributed by atoms with Gasteiger partial charge in [-0.05, 0) is 219 Å². The molecule has 3 fully saturated rings. The molecule has 35 heteroatoms. The Balaban J connectivity index is 0.000000269. The van der Waals surface area contributed by atoms with E-state index in [0.717, 1.165) is 101 Å². The minimum absolute atomic E-state index is 0. The second-order valence-corrected chi connectivity index (χ2v) is 34.7. The summed E-state index contributed by atoms with van der Waals surface area (Å²) in [5.41, 5.74) is 43.3. The fourth-order valence-corrected chi connectivity index (χ4v) is 13.7. The summed E-state index contributed by atoms with van der Waals surface area (Å²) < 4.78 is 13.9. The third kappa shape index (κ3) is 34.2. The van der Waals surface area contributed by atoms with Gasteiger partial charge in [0.2, 0.25) is 9.23 Å². The van der Waals surface area contributed by atoms with Crippen molar-refractivity contribution in [2.75, 3.05) is 51.5 Å². The number of nitrogen functional groups attached to an aromatic ring is 1. The van der Waals surface area contributed by atoms with Crippen LogP contribution in [0.1, 0.15) is 162 Å². The van der Waals surface area contributed by atoms with Crippen LogP contribution in [0, 0.1) is 71.9 Å². The maximum atomic E-state index is 13.5. The molecule has 0 bridgehead atoms. The number of anilines is 1. The van der Waals surface area contributed by atoms with E-state index in [2.05, 4.69) is 80.5 Å². The van der Waals surface area contributed by atoms with Crippen molar-refractivity contribution in [2.24, 2.45) is 40.7 Å². The van der Waals surface area contributed by atoms with E-state index >= 15 is 0 Å². The molecule has 3 radical (unpaired) electrons. The Hall–Kier alpha value is -10.3. The Morgan fingerprint density at radius 2 is 0.822 bits per heavy atom. The molecule has 15 rings (SSSR count). The van der Waals surface area contributed by atoms with Crippen LogP contribution in [-0.2, 0) is 47.7 Å². The van der Waals surface area contributed by atoms with E-state index < -0.39 is 20.3 Å². The van der Waals surface area contributed by atoms with Crippen molar-refractivity contribution in [3.63, 3.8) is 0 Å². The number of rotatable bonds is 32. The van der Waals surface area contributed by atoms with E-state index in [1.54, 1.807) is 113 Å². The predicted octanol–water partition coefficient (Wildman–Crippen LogP) is 14.0. The molecule has 0 saturated heterocycles. The number of aromatic nitrogens is 6. The van der Waals surface area contributed by atoms with Crippen LogP contribution in [-0.4, -0.2) is 120 Å². The van der Waals surface area contributed by atoms with Crippen LogP contribution < -0.4 is 74.2 Å². The molecule has 14 N–H and O–H groups in total. The van der Waals surface area contributed by atoms with Gasteiger partial charge in [0.25, 0.3) is 11.4 Å². The van der Waals surface area contributed by atoms with Crippen molar-refractivity contribution in [2.45, 2.75) is 103 Å². The number of carbonyl (C=O) groups excluding carboxylic acids is 3. The van der Waals surface area contributed by atoms with Crippen LogP contribution in [0.4, 0.5) is 28.4 Å². The standard InChI is InChI=1S/C30H27N5O3.C30H33N5O.C26H20N4O4.C4H13N3.C4H9N.B.Cl2OS.2ClH.Na.Ni.H/c1-20-14-28(34(33-20)26-10-5-9-25(18-26)31-2)29(36)16-22-6-3-7-23(15-22)30(32-19-21-12-13-21)24-8-4-11-27(17-24)35(37)38;1-20-13-28(35(34-20)27-10-3-6-23(15-27)18-31)29(36)16-22-5-2-7-24(14-22)30(33-19-21-11-12-21)25-8-4-9-26(32)17-25;1-17-12-24(29(28-17)22-10-5-9-21(16-22)27-2)25(31)14-18-6-3-7-19(13-18)26(32)20-8-4-11-23(15-20)30(33)34;5-1-3-7-4-2-6;5-3-4-1-2-4;;1-4(2)3;;;;;/h3-11,14-15,17-18,21,30,32H,12-13,16,19H2,1H3;2-10,13-15,17,21,30,33H,11-12,16,18-19,31-32H2,1H3;3-13,15-16,26,32H,14H2,1H3;7H,1-6H2;4H,1-3,5H2;;;2*1H;;;/q;;;;;;;;;+1;+2;-1/p-2. The first-order chi connectivity index (χ1) is 61.2. The van der Waals surface area contributed by atoms with Crippen molar-refractivity contribution in [1.29, 1.82) is 0 Å². The Labute approximate surface area is 803 Å². The second-order valence-electron chi connectivity index (χ2n) is 30.5. The molecule has 0 spiro atoms. The predicted molar refractivity (Wildman–Crippen MR) is 506 cm³/mol. The number of non-ortho nitro benzene ring substituents is 2. The number of nitro benzene ring substituents is 2. The van der Waals surface area contributed by atoms with Gasteiger partial charge in [0.1, 0.15) is 23.2 Å². The van der Waals surface area contributed by atoms with Crippen molar-refractivity contribution in [3.05, 3.63) is 369 Å². The smallest absolute Gasteiger partial charge is 1.00 e. The van der Waals surface area contributed by atoms with Gasteiger partial charge in [-0.15, -0.1) is 0 Å². The number of nitro groups is 2. The van der Waals surface area contributed by atoms with Crippen molar-refractivity contribution in [3.8, 4) is 17.1 Å². The van der Waals surface area contributed by atoms with Crippen molar-refractivity contribution in [1.82, 2.24) is 45.3 Å². The molecule has 129 heavy (non-hydrogen) atoms. The molecule has 3 saturated carbocycles. The summed E-state index contributed by atoms with van der Waals surface area (Å²) in [6.07, 6.45) is 7.19. The van der Waals surface area contributed by atoms with Gasteiger partial charge in [-0.2, -0.15) is 15.3 Å². The molecule has 27 nitrogen and oxygen atoms in total. The summed E-state index contributed by atoms with van der Waals surface area (Å²) in [5, 5.41) is 57.1. The summed E-state index contributed by atoms with van der Waals surface area (Å²) in [4.78, 5) is 68.6. The molecule has 3 heterocycles. The van der Waals surface area contributed by atoms with E-state index in [1.807, 2.05) is 111 Å². The van der Waals surface area contributed by atoms with E-state index in [9.17, 15) is 39.7 Å². The number of nitrogens with one attached hydrogen (secondary N) is 3. The van der Waals surface area contributed by atoms with Crippen LogP contribution in [0.25, 0.3) is 26.8 Å². The second kappa shape index (κ2) is 54.4. The van der Waals surface area contributed by atoms with Crippen molar-refractivity contribution >= 4 is 105 Å². The SMILES string of the molecule is Cc1cc(C(=O)Cc2cccc(C(NCC3CC3)c3cccc(N)c3)c2)n(-c2cccc(CN)c2)n1.NCC1CC1.NCCNCCN.O=S(Cl)Cl.[B].[C-]#[N+]c1cccc(-n2nc(C)cc2C(=O)Cc2cccc(C(NCC3CC3)c3cccc([N+](=O)[O-])c3)c2)c1.[C-]#[N+]c1cccc(-n2nc(C)cc2C(=O)Cc2cccc(C(O)c3cccc([N+](=O)[O-])c3)c2)c1.[Cl][Ni][Cl].[H-].[Na+]. The topological polar surface area (TPSA) is 403 Å². The van der Waals surface area contributed by atoms with Crippen LogP contribution in [0.2, 0.25) is 0 Å². The summed E-state index contributed by atoms with van der Waals surface area (Å²) in [6, 6.07) is 70.5. The number of benzene rings is 9. The van der Waals surface area contributed by atoms with Gasteiger partial charge in [-0.1, -0.05) is 146 Å². The first-order valence-electron chi connectivity index (χ1n) is 40.9. The van der Waals surface area contributed by atoms with Gasteiger partial charge in [-0.25, -0.2) is 27.9 Å². The molecule has 3 atom stereocenters. The number of nitrogens with two attached hydrogens (primary N) is 5. The molecule has 3 aromatic heterocycles. The number of aliphatic hydroxyl groups is 1. The third-order valence-corrected chi connectivity index (χ3v) is 20.4. The largest absolute Gasteiger partial charge is 1.00 e. The van der Waals surface area contributed by atoms with Crippen LogP contribution in [0.3, 0.4) is 0 Å². The Kier molecular flexibility index (Phi) is 44.6. The van der Waals surface area contributed by atoms with E-state index in [1.165, 1.54) is 67.5 Å². The molecule has 9 aromatic carbocycles.